The molecule has 2 atom stereocenters. The van der Waals surface area contributed by atoms with Crippen LogP contribution in [0.3, 0.4) is 0 Å². The SMILES string of the molecule is C[C@H](C(=O)Nc1ccc(Br)cc1Br)N1CCC[C@@H](CC(=O)O)C1. The lowest BCUT2D eigenvalue weighted by molar-refractivity contribution is -0.138. The number of benzene rings is 1. The van der Waals surface area contributed by atoms with Gasteiger partial charge in [-0.15, -0.1) is 0 Å². The van der Waals surface area contributed by atoms with Gasteiger partial charge in [-0.1, -0.05) is 15.9 Å². The largest absolute Gasteiger partial charge is 0.481 e. The van der Waals surface area contributed by atoms with E-state index >= 15 is 0 Å². The van der Waals surface area contributed by atoms with Gasteiger partial charge in [-0.05, 0) is 66.4 Å². The predicted molar refractivity (Wildman–Crippen MR) is 96.5 cm³/mol. The Bertz CT molecular complexity index is 595. The fourth-order valence-electron chi connectivity index (χ4n) is 2.86. The molecule has 1 amide bonds. The Kier molecular flexibility index (Phi) is 6.61. The number of amides is 1. The van der Waals surface area contributed by atoms with Crippen molar-refractivity contribution in [1.82, 2.24) is 4.90 Å². The maximum Gasteiger partial charge on any atom is 0.303 e. The third-order valence-electron chi connectivity index (χ3n) is 4.13. The number of hydrogen-bond donors (Lipinski definition) is 2. The van der Waals surface area contributed by atoms with Crippen molar-refractivity contribution < 1.29 is 14.7 Å². The van der Waals surface area contributed by atoms with E-state index in [-0.39, 0.29) is 24.3 Å². The molecule has 1 fully saturated rings. The van der Waals surface area contributed by atoms with Gasteiger partial charge in [-0.25, -0.2) is 0 Å². The van der Waals surface area contributed by atoms with Gasteiger partial charge in [0.15, 0.2) is 0 Å². The number of halogens is 2. The van der Waals surface area contributed by atoms with Gasteiger partial charge >= 0.3 is 5.97 Å². The minimum Gasteiger partial charge on any atom is -0.481 e. The number of nitrogens with zero attached hydrogens (tertiary/aromatic N) is 1. The molecule has 23 heavy (non-hydrogen) atoms. The maximum absolute atomic E-state index is 12.5. The van der Waals surface area contributed by atoms with Crippen LogP contribution in [0.25, 0.3) is 0 Å². The molecular formula is C16H20Br2N2O3. The van der Waals surface area contributed by atoms with E-state index < -0.39 is 5.97 Å². The molecule has 0 radical (unpaired) electrons. The summed E-state index contributed by atoms with van der Waals surface area (Å²) < 4.78 is 1.75. The second kappa shape index (κ2) is 8.26. The Morgan fingerprint density at radius 2 is 2.17 bits per heavy atom. The fourth-order valence-corrected chi connectivity index (χ4v) is 4.00. The Balaban J connectivity index is 1.97. The van der Waals surface area contributed by atoms with Gasteiger partial charge in [0, 0.05) is 21.9 Å². The van der Waals surface area contributed by atoms with Crippen molar-refractivity contribution in [3.05, 3.63) is 27.1 Å². The topological polar surface area (TPSA) is 69.6 Å². The maximum atomic E-state index is 12.5. The molecule has 1 heterocycles. The van der Waals surface area contributed by atoms with E-state index in [1.165, 1.54) is 0 Å². The summed E-state index contributed by atoms with van der Waals surface area (Å²) in [6, 6.07) is 5.29. The Labute approximate surface area is 152 Å². The minimum atomic E-state index is -0.771. The first-order chi connectivity index (χ1) is 10.9. The molecule has 1 aromatic rings. The minimum absolute atomic E-state index is 0.0796. The summed E-state index contributed by atoms with van der Waals surface area (Å²) in [5.74, 6) is -0.729. The number of hydrogen-bond acceptors (Lipinski definition) is 3. The normalized spacial score (nSPS) is 20.0. The molecule has 1 saturated heterocycles. The van der Waals surface area contributed by atoms with Gasteiger partial charge in [-0.3, -0.25) is 14.5 Å². The van der Waals surface area contributed by atoms with E-state index in [2.05, 4.69) is 42.1 Å². The van der Waals surface area contributed by atoms with Crippen molar-refractivity contribution in [2.24, 2.45) is 5.92 Å². The molecule has 2 N–H and O–H groups in total. The highest BCUT2D eigenvalue weighted by Crippen LogP contribution is 2.27. The molecule has 0 bridgehead atoms. The second-order valence-corrected chi connectivity index (χ2v) is 7.66. The molecule has 7 heteroatoms. The summed E-state index contributed by atoms with van der Waals surface area (Å²) in [6.07, 6.45) is 2.01. The van der Waals surface area contributed by atoms with Crippen molar-refractivity contribution in [3.63, 3.8) is 0 Å². The van der Waals surface area contributed by atoms with Crippen LogP contribution in [0, 0.1) is 5.92 Å². The monoisotopic (exact) mass is 446 g/mol. The molecule has 0 aliphatic carbocycles. The van der Waals surface area contributed by atoms with Gasteiger partial charge in [0.2, 0.25) is 5.91 Å². The van der Waals surface area contributed by atoms with Crippen LogP contribution in [0.1, 0.15) is 26.2 Å². The molecule has 126 valence electrons. The van der Waals surface area contributed by atoms with Gasteiger partial charge in [-0.2, -0.15) is 0 Å². The number of aliphatic carboxylic acids is 1. The number of carbonyl (C=O) groups is 2. The highest BCUT2D eigenvalue weighted by molar-refractivity contribution is 9.11. The van der Waals surface area contributed by atoms with Crippen molar-refractivity contribution in [3.8, 4) is 0 Å². The molecule has 1 aromatic carbocycles. The summed E-state index contributed by atoms with van der Waals surface area (Å²) in [7, 11) is 0. The van der Waals surface area contributed by atoms with Crippen molar-refractivity contribution in [1.29, 1.82) is 0 Å². The van der Waals surface area contributed by atoms with Crippen molar-refractivity contribution in [2.75, 3.05) is 18.4 Å². The van der Waals surface area contributed by atoms with E-state index in [1.54, 1.807) is 0 Å². The van der Waals surface area contributed by atoms with Crippen LogP contribution in [-0.4, -0.2) is 41.0 Å². The van der Waals surface area contributed by atoms with E-state index in [9.17, 15) is 9.59 Å². The van der Waals surface area contributed by atoms with E-state index in [0.29, 0.717) is 6.54 Å². The highest BCUT2D eigenvalue weighted by Gasteiger charge is 2.28. The Hall–Kier alpha value is -0.920. The molecule has 0 aromatic heterocycles. The number of likely N-dealkylation sites (tertiary alicyclic amines) is 1. The molecule has 0 unspecified atom stereocenters. The van der Waals surface area contributed by atoms with E-state index in [0.717, 1.165) is 34.0 Å². The first-order valence-electron chi connectivity index (χ1n) is 7.58. The molecule has 0 spiro atoms. The van der Waals surface area contributed by atoms with Gasteiger partial charge < -0.3 is 10.4 Å². The quantitative estimate of drug-likeness (QED) is 0.721. The fraction of sp³-hybridized carbons (Fsp3) is 0.500. The lowest BCUT2D eigenvalue weighted by Gasteiger charge is -2.35. The molecule has 1 aliphatic rings. The lowest BCUT2D eigenvalue weighted by atomic mass is 9.94. The number of nitrogens with one attached hydrogen (secondary N) is 1. The van der Waals surface area contributed by atoms with Gasteiger partial charge in [0.05, 0.1) is 11.7 Å². The zero-order valence-electron chi connectivity index (χ0n) is 12.9. The molecule has 0 saturated carbocycles. The van der Waals surface area contributed by atoms with Gasteiger partial charge in [0.1, 0.15) is 0 Å². The van der Waals surface area contributed by atoms with Crippen LogP contribution >= 0.6 is 31.9 Å². The molecular weight excluding hydrogens is 428 g/mol. The first kappa shape index (κ1) is 18.4. The first-order valence-corrected chi connectivity index (χ1v) is 9.17. The molecule has 1 aliphatic heterocycles. The number of piperidine rings is 1. The average Bonchev–Trinajstić information content (AvgIpc) is 2.49. The standard InChI is InChI=1S/C16H20Br2N2O3/c1-10(20-6-2-3-11(9-20)7-15(21)22)16(23)19-14-5-4-12(17)8-13(14)18/h4-5,8,10-11H,2-3,6-7,9H2,1H3,(H,19,23)(H,21,22)/t10-,11+/m1/s1. The van der Waals surface area contributed by atoms with Crippen molar-refractivity contribution >= 4 is 49.4 Å². The van der Waals surface area contributed by atoms with Crippen LogP contribution in [0.4, 0.5) is 5.69 Å². The number of carboxylic acids is 1. The van der Waals surface area contributed by atoms with Crippen LogP contribution in [0.2, 0.25) is 0 Å². The van der Waals surface area contributed by atoms with Crippen molar-refractivity contribution in [2.45, 2.75) is 32.2 Å². The molecule has 2 rings (SSSR count). The van der Waals surface area contributed by atoms with Crippen LogP contribution < -0.4 is 5.32 Å². The number of anilines is 1. The zero-order valence-corrected chi connectivity index (χ0v) is 16.1. The Morgan fingerprint density at radius 1 is 1.43 bits per heavy atom. The Morgan fingerprint density at radius 3 is 2.83 bits per heavy atom. The lowest BCUT2D eigenvalue weighted by Crippen LogP contribution is -2.47. The van der Waals surface area contributed by atoms with Crippen LogP contribution in [-0.2, 0) is 9.59 Å². The van der Waals surface area contributed by atoms with E-state index in [1.807, 2.05) is 25.1 Å². The zero-order chi connectivity index (χ0) is 17.0. The smallest absolute Gasteiger partial charge is 0.303 e. The van der Waals surface area contributed by atoms with Crippen LogP contribution in [0.5, 0.6) is 0 Å². The van der Waals surface area contributed by atoms with Gasteiger partial charge in [0.25, 0.3) is 0 Å². The summed E-state index contributed by atoms with van der Waals surface area (Å²) in [4.78, 5) is 25.4. The summed E-state index contributed by atoms with van der Waals surface area (Å²) in [6.45, 7) is 3.35. The average molecular weight is 448 g/mol. The third-order valence-corrected chi connectivity index (χ3v) is 5.28. The van der Waals surface area contributed by atoms with E-state index in [4.69, 9.17) is 5.11 Å². The predicted octanol–water partition coefficient (Wildman–Crippen LogP) is 3.73. The molecule has 5 nitrogen and oxygen atoms in total. The summed E-state index contributed by atoms with van der Waals surface area (Å²) >= 11 is 6.82. The summed E-state index contributed by atoms with van der Waals surface area (Å²) in [5, 5.41) is 11.9. The van der Waals surface area contributed by atoms with Crippen LogP contribution in [0.15, 0.2) is 27.1 Å². The summed E-state index contributed by atoms with van der Waals surface area (Å²) in [5.41, 5.74) is 0.726. The number of carbonyl (C=O) groups excluding carboxylic acids is 1. The highest BCUT2D eigenvalue weighted by atomic mass is 79.9. The number of carboxylic acid groups (broad SMARTS) is 1. The second-order valence-electron chi connectivity index (χ2n) is 5.89. The number of rotatable bonds is 5. The third kappa shape index (κ3) is 5.29.